The van der Waals surface area contributed by atoms with E-state index in [-0.39, 0.29) is 0 Å². The molecule has 0 aromatic rings. The molecular formula is C52H100N2O. The van der Waals surface area contributed by atoms with E-state index in [2.05, 4.69) is 128 Å². The van der Waals surface area contributed by atoms with Crippen LogP contribution in [0.25, 0.3) is 0 Å². The van der Waals surface area contributed by atoms with Gasteiger partial charge in [-0.15, -0.1) is 0 Å². The number of hydrogen-bond acceptors (Lipinski definition) is 3. The first-order chi connectivity index (χ1) is 26.6. The molecule has 0 heterocycles. The van der Waals surface area contributed by atoms with Crippen LogP contribution in [0.3, 0.4) is 0 Å². The van der Waals surface area contributed by atoms with E-state index >= 15 is 0 Å². The lowest BCUT2D eigenvalue weighted by Gasteiger charge is -2.34. The predicted octanol–water partition coefficient (Wildman–Crippen LogP) is 16.4. The molecule has 0 aliphatic heterocycles. The third-order valence-electron chi connectivity index (χ3n) is 11.4. The van der Waals surface area contributed by atoms with Crippen molar-refractivity contribution in [2.75, 3.05) is 13.1 Å². The monoisotopic (exact) mass is 769 g/mol. The van der Waals surface area contributed by atoms with Crippen molar-refractivity contribution in [1.82, 2.24) is 9.80 Å². The van der Waals surface area contributed by atoms with Crippen molar-refractivity contribution < 1.29 is 4.74 Å². The molecule has 3 nitrogen and oxygen atoms in total. The highest BCUT2D eigenvalue weighted by Crippen LogP contribution is 2.22. The van der Waals surface area contributed by atoms with Gasteiger partial charge in [0.25, 0.3) is 0 Å². The minimum Gasteiger partial charge on any atom is -0.375 e. The highest BCUT2D eigenvalue weighted by molar-refractivity contribution is 4.93. The van der Waals surface area contributed by atoms with Gasteiger partial charge in [-0.1, -0.05) is 140 Å². The van der Waals surface area contributed by atoms with E-state index in [9.17, 15) is 0 Å². The van der Waals surface area contributed by atoms with Gasteiger partial charge in [-0.05, 0) is 145 Å². The van der Waals surface area contributed by atoms with Crippen molar-refractivity contribution in [2.45, 2.75) is 273 Å². The van der Waals surface area contributed by atoms with Crippen LogP contribution in [0.1, 0.15) is 236 Å². The number of hydrogen-bond donors (Lipinski definition) is 0. The van der Waals surface area contributed by atoms with Gasteiger partial charge in [-0.25, -0.2) is 0 Å². The van der Waals surface area contributed by atoms with Gasteiger partial charge in [-0.3, -0.25) is 9.80 Å². The summed E-state index contributed by atoms with van der Waals surface area (Å²) in [7, 11) is 0. The lowest BCUT2D eigenvalue weighted by molar-refractivity contribution is -0.0416. The number of allylic oxidation sites excluding steroid dienone is 8. The minimum atomic E-state index is 0.368. The van der Waals surface area contributed by atoms with Crippen LogP contribution in [0.2, 0.25) is 0 Å². The molecule has 0 fully saturated rings. The molecule has 2 atom stereocenters. The Balaban J connectivity index is 5.00. The Kier molecular flexibility index (Phi) is 38.8. The average Bonchev–Trinajstić information content (AvgIpc) is 3.13. The van der Waals surface area contributed by atoms with Gasteiger partial charge < -0.3 is 4.74 Å². The Bertz CT molecular complexity index is 811. The maximum atomic E-state index is 7.23. The summed E-state index contributed by atoms with van der Waals surface area (Å²) < 4.78 is 7.23. The number of rotatable bonds is 40. The molecule has 3 heteroatoms. The highest BCUT2D eigenvalue weighted by Gasteiger charge is 2.22. The van der Waals surface area contributed by atoms with Crippen molar-refractivity contribution >= 4 is 0 Å². The fraction of sp³-hybridized carbons (Fsp3) is 0.846. The van der Waals surface area contributed by atoms with E-state index in [4.69, 9.17) is 4.74 Å². The normalized spacial score (nSPS) is 14.1. The van der Waals surface area contributed by atoms with Gasteiger partial charge in [0, 0.05) is 37.3 Å². The predicted molar refractivity (Wildman–Crippen MR) is 251 cm³/mol. The molecular weight excluding hydrogens is 669 g/mol. The smallest absolute Gasteiger partial charge is 0.0591 e. The van der Waals surface area contributed by atoms with Gasteiger partial charge >= 0.3 is 0 Å². The molecule has 0 radical (unpaired) electrons. The topological polar surface area (TPSA) is 15.7 Å². The fourth-order valence-electron chi connectivity index (χ4n) is 8.01. The second-order valence-electron chi connectivity index (χ2n) is 17.8. The molecule has 0 saturated heterocycles. The first-order valence-corrected chi connectivity index (χ1v) is 24.4. The Morgan fingerprint density at radius 1 is 0.345 bits per heavy atom. The largest absolute Gasteiger partial charge is 0.375 e. The standard InChI is InChI=1S/C52H100N2O/c1-11-13-15-17-19-21-23-25-27-29-31-33-35-37-39-41-51(43-45-53(47(3)4)48(5)6)55-52(44-46-54(49(7)8)50(9)10)42-40-38-36-34-32-30-28-26-24-22-20-18-16-14-12-2/h19-22,25-28,47-52H,11-18,23-24,29-46H2,1-10H3/b21-19-,22-20-,27-25-,28-26-. The second-order valence-corrected chi connectivity index (χ2v) is 17.8. The van der Waals surface area contributed by atoms with E-state index in [0.717, 1.165) is 38.8 Å². The third kappa shape index (κ3) is 34.6. The van der Waals surface area contributed by atoms with Crippen LogP contribution in [0.5, 0.6) is 0 Å². The minimum absolute atomic E-state index is 0.368. The molecule has 0 amide bonds. The Labute approximate surface area is 347 Å². The lowest BCUT2D eigenvalue weighted by Crippen LogP contribution is -2.40. The van der Waals surface area contributed by atoms with Gasteiger partial charge in [0.1, 0.15) is 0 Å². The average molecular weight is 769 g/mol. The summed E-state index contributed by atoms with van der Waals surface area (Å²) >= 11 is 0. The molecule has 324 valence electrons. The van der Waals surface area contributed by atoms with E-state index in [1.165, 1.54) is 141 Å². The summed E-state index contributed by atoms with van der Waals surface area (Å²) in [6.45, 7) is 25.7. The Hall–Kier alpha value is -1.16. The maximum absolute atomic E-state index is 7.23. The molecule has 0 spiro atoms. The zero-order valence-electron chi connectivity index (χ0n) is 39.2. The van der Waals surface area contributed by atoms with Crippen LogP contribution in [-0.2, 0) is 4.74 Å². The first kappa shape index (κ1) is 53.8. The van der Waals surface area contributed by atoms with Gasteiger partial charge in [0.15, 0.2) is 0 Å². The third-order valence-corrected chi connectivity index (χ3v) is 11.4. The molecule has 0 rings (SSSR count). The van der Waals surface area contributed by atoms with Gasteiger partial charge in [-0.2, -0.15) is 0 Å². The van der Waals surface area contributed by atoms with E-state index in [1.807, 2.05) is 0 Å². The summed E-state index contributed by atoms with van der Waals surface area (Å²) in [6, 6.07) is 2.30. The molecule has 0 aliphatic carbocycles. The summed E-state index contributed by atoms with van der Waals surface area (Å²) in [6.07, 6.45) is 53.0. The van der Waals surface area contributed by atoms with Crippen LogP contribution in [-0.4, -0.2) is 59.3 Å². The molecule has 2 unspecified atom stereocenters. The highest BCUT2D eigenvalue weighted by atomic mass is 16.5. The van der Waals surface area contributed by atoms with Crippen LogP contribution in [0, 0.1) is 0 Å². The zero-order valence-corrected chi connectivity index (χ0v) is 39.2. The zero-order chi connectivity index (χ0) is 40.8. The molecule has 0 bridgehead atoms. The second kappa shape index (κ2) is 39.7. The van der Waals surface area contributed by atoms with Gasteiger partial charge in [0.2, 0.25) is 0 Å². The summed E-state index contributed by atoms with van der Waals surface area (Å²) in [5.41, 5.74) is 0. The molecule has 0 aliphatic rings. The van der Waals surface area contributed by atoms with Crippen molar-refractivity contribution in [3.8, 4) is 0 Å². The number of unbranched alkanes of at least 4 members (excludes halogenated alkanes) is 16. The van der Waals surface area contributed by atoms with Gasteiger partial charge in [0.05, 0.1) is 12.2 Å². The van der Waals surface area contributed by atoms with Crippen molar-refractivity contribution in [2.24, 2.45) is 0 Å². The van der Waals surface area contributed by atoms with E-state index < -0.39 is 0 Å². The Morgan fingerprint density at radius 3 is 0.945 bits per heavy atom. The quantitative estimate of drug-likeness (QED) is 0.0456. The van der Waals surface area contributed by atoms with Crippen LogP contribution in [0.4, 0.5) is 0 Å². The number of ether oxygens (including phenoxy) is 1. The fourth-order valence-corrected chi connectivity index (χ4v) is 8.01. The van der Waals surface area contributed by atoms with Crippen LogP contribution >= 0.6 is 0 Å². The lowest BCUT2D eigenvalue weighted by atomic mass is 10.0. The number of nitrogens with zero attached hydrogens (tertiary/aromatic N) is 2. The summed E-state index contributed by atoms with van der Waals surface area (Å²) in [5.74, 6) is 0. The molecule has 0 saturated carbocycles. The van der Waals surface area contributed by atoms with Crippen LogP contribution in [0.15, 0.2) is 48.6 Å². The molecule has 0 aromatic heterocycles. The van der Waals surface area contributed by atoms with Crippen molar-refractivity contribution in [3.05, 3.63) is 48.6 Å². The van der Waals surface area contributed by atoms with Crippen molar-refractivity contribution in [3.63, 3.8) is 0 Å². The summed E-state index contributed by atoms with van der Waals surface area (Å²) in [5, 5.41) is 0. The summed E-state index contributed by atoms with van der Waals surface area (Å²) in [4.78, 5) is 5.34. The van der Waals surface area contributed by atoms with Crippen LogP contribution < -0.4 is 0 Å². The van der Waals surface area contributed by atoms with E-state index in [0.29, 0.717) is 36.4 Å². The Morgan fingerprint density at radius 2 is 0.636 bits per heavy atom. The SMILES string of the molecule is CCCCC/C=C\C/C=C\CCCCCCCC(CCN(C(C)C)C(C)C)OC(CCCCCCC/C=C\C/C=C\CCCCC)CCN(C(C)C)C(C)C. The van der Waals surface area contributed by atoms with Crippen molar-refractivity contribution in [1.29, 1.82) is 0 Å². The van der Waals surface area contributed by atoms with E-state index in [1.54, 1.807) is 0 Å². The first-order valence-electron chi connectivity index (χ1n) is 24.4. The molecule has 0 aromatic carbocycles. The maximum Gasteiger partial charge on any atom is 0.0591 e. The molecule has 0 N–H and O–H groups in total. The molecule has 55 heavy (non-hydrogen) atoms.